The molecule has 1 aromatic carbocycles. The van der Waals surface area contributed by atoms with E-state index in [1.54, 1.807) is 42.1 Å². The molecule has 1 fully saturated rings. The van der Waals surface area contributed by atoms with Crippen LogP contribution < -0.4 is 15.5 Å². The van der Waals surface area contributed by atoms with Gasteiger partial charge in [0.05, 0.1) is 17.6 Å². The molecule has 1 amide bonds. The third kappa shape index (κ3) is 6.00. The molecule has 0 spiro atoms. The van der Waals surface area contributed by atoms with Crippen molar-refractivity contribution in [2.24, 2.45) is 5.92 Å². The first kappa shape index (κ1) is 27.1. The molecule has 1 aromatic heterocycles. The van der Waals surface area contributed by atoms with E-state index in [-0.39, 0.29) is 17.5 Å². The predicted octanol–water partition coefficient (Wildman–Crippen LogP) is 3.23. The van der Waals surface area contributed by atoms with Crippen molar-refractivity contribution in [2.75, 3.05) is 13.2 Å². The van der Waals surface area contributed by atoms with Gasteiger partial charge in [-0.25, -0.2) is 13.9 Å². The number of pyridine rings is 1. The van der Waals surface area contributed by atoms with E-state index in [2.05, 4.69) is 10.3 Å². The fourth-order valence-electron chi connectivity index (χ4n) is 4.65. The molecule has 1 aliphatic carbocycles. The summed E-state index contributed by atoms with van der Waals surface area (Å²) in [5, 5.41) is 12.8. The van der Waals surface area contributed by atoms with Crippen molar-refractivity contribution in [3.8, 4) is 5.75 Å². The smallest absolute Gasteiger partial charge is 0.280 e. The number of aromatic nitrogens is 1. The molecule has 2 aromatic rings. The Labute approximate surface area is 207 Å². The van der Waals surface area contributed by atoms with Gasteiger partial charge < -0.3 is 9.47 Å². The highest BCUT2D eigenvalue weighted by molar-refractivity contribution is 7.93. The molecule has 0 unspecified atom stereocenters. The van der Waals surface area contributed by atoms with Crippen LogP contribution in [0.25, 0.3) is 0 Å². The van der Waals surface area contributed by atoms with Crippen LogP contribution >= 0.6 is 0 Å². The van der Waals surface area contributed by atoms with Gasteiger partial charge in [-0.15, -0.1) is 0 Å². The van der Waals surface area contributed by atoms with Gasteiger partial charge in [0.25, 0.3) is 5.91 Å². The highest BCUT2D eigenvalue weighted by Gasteiger charge is 2.57. The maximum Gasteiger partial charge on any atom is 0.280 e. The average molecular weight is 506 g/mol. The van der Waals surface area contributed by atoms with Gasteiger partial charge in [-0.3, -0.25) is 20.3 Å². The number of ether oxygens (including phenoxy) is 2. The Kier molecular flexibility index (Phi) is 9.62. The molecule has 10 heteroatoms. The van der Waals surface area contributed by atoms with Crippen molar-refractivity contribution < 1.29 is 27.9 Å². The zero-order valence-corrected chi connectivity index (χ0v) is 21.1. The molecule has 0 aliphatic heterocycles. The highest BCUT2D eigenvalue weighted by atomic mass is 32.2. The van der Waals surface area contributed by atoms with E-state index in [1.807, 2.05) is 13.8 Å². The highest BCUT2D eigenvalue weighted by Crippen LogP contribution is 2.41. The van der Waals surface area contributed by atoms with E-state index in [0.29, 0.717) is 44.6 Å². The molecule has 1 aliphatic rings. The van der Waals surface area contributed by atoms with Crippen molar-refractivity contribution in [3.05, 3.63) is 54.4 Å². The molecule has 1 heterocycles. The minimum Gasteiger partial charge on any atom is -0.494 e. The number of carbonyl (C=O) groups is 1. The summed E-state index contributed by atoms with van der Waals surface area (Å²) < 4.78 is 39.7. The first-order valence-corrected chi connectivity index (χ1v) is 13.5. The molecule has 3 N–H and O–H groups in total. The lowest BCUT2D eigenvalue weighted by Gasteiger charge is -2.42. The average Bonchev–Trinajstić information content (AvgIpc) is 2.89. The quantitative estimate of drug-likeness (QED) is 0.296. The van der Waals surface area contributed by atoms with Crippen LogP contribution in [0.1, 0.15) is 51.5 Å². The number of rotatable bonds is 12. The predicted molar refractivity (Wildman–Crippen MR) is 131 cm³/mol. The second-order valence-electron chi connectivity index (χ2n) is 8.64. The van der Waals surface area contributed by atoms with Gasteiger partial charge in [0.15, 0.2) is 0 Å². The number of hydrogen-bond acceptors (Lipinski definition) is 8. The van der Waals surface area contributed by atoms with E-state index in [9.17, 15) is 18.4 Å². The second kappa shape index (κ2) is 12.4. The summed E-state index contributed by atoms with van der Waals surface area (Å²) in [4.78, 5) is 15.2. The molecule has 1 atom stereocenters. The van der Waals surface area contributed by atoms with E-state index >= 15 is 0 Å². The topological polar surface area (TPSA) is 127 Å². The first-order valence-electron chi connectivity index (χ1n) is 12.1. The molecule has 0 bridgehead atoms. The van der Waals surface area contributed by atoms with Crippen LogP contribution in [0.5, 0.6) is 5.75 Å². The molecular weight excluding hydrogens is 470 g/mol. The first-order chi connectivity index (χ1) is 16.9. The van der Waals surface area contributed by atoms with Crippen LogP contribution in [-0.4, -0.2) is 48.7 Å². The molecule has 1 saturated carbocycles. The third-order valence-corrected chi connectivity index (χ3v) is 8.82. The molecule has 0 saturated heterocycles. The Morgan fingerprint density at radius 3 is 2.31 bits per heavy atom. The lowest BCUT2D eigenvalue weighted by Crippen LogP contribution is -2.66. The van der Waals surface area contributed by atoms with Crippen molar-refractivity contribution in [1.29, 1.82) is 0 Å². The number of benzene rings is 1. The number of nitrogens with one attached hydrogen (secondary N) is 2. The van der Waals surface area contributed by atoms with Gasteiger partial charge in [-0.1, -0.05) is 6.92 Å². The number of hydrogen-bond donors (Lipinski definition) is 3. The van der Waals surface area contributed by atoms with E-state index in [1.165, 1.54) is 12.1 Å². The summed E-state index contributed by atoms with van der Waals surface area (Å²) in [5.74, 6) is -1.06. The minimum absolute atomic E-state index is 0.0227. The minimum atomic E-state index is -4.31. The molecule has 0 radical (unpaired) electrons. The number of carbonyl (C=O) groups excluding carboxylic acids is 1. The van der Waals surface area contributed by atoms with Crippen molar-refractivity contribution in [3.63, 3.8) is 0 Å². The van der Waals surface area contributed by atoms with Gasteiger partial charge in [0.2, 0.25) is 14.7 Å². The van der Waals surface area contributed by atoms with E-state index in [0.717, 1.165) is 12.0 Å². The summed E-state index contributed by atoms with van der Waals surface area (Å²) >= 11 is 0. The SMILES string of the molecule is CCCOC1CCC([C@](NCc2ccncc2)(C(=O)NO)S(=O)(=O)c2ccc(OCC)cc2)CC1. The molecule has 3 rings (SSSR count). The summed E-state index contributed by atoms with van der Waals surface area (Å²) in [6.45, 7) is 5.06. The van der Waals surface area contributed by atoms with Gasteiger partial charge >= 0.3 is 0 Å². The number of sulfone groups is 1. The maximum absolute atomic E-state index is 14.2. The molecule has 9 nitrogen and oxygen atoms in total. The number of nitrogens with zero attached hydrogens (tertiary/aromatic N) is 1. The Balaban J connectivity index is 2.02. The van der Waals surface area contributed by atoms with Crippen LogP contribution in [0.15, 0.2) is 53.7 Å². The van der Waals surface area contributed by atoms with Crippen LogP contribution in [0.3, 0.4) is 0 Å². The zero-order valence-electron chi connectivity index (χ0n) is 20.3. The Bertz CT molecular complexity index is 1040. The van der Waals surface area contributed by atoms with Gasteiger partial charge in [0, 0.05) is 31.5 Å². The lowest BCUT2D eigenvalue weighted by molar-refractivity contribution is -0.135. The Morgan fingerprint density at radius 1 is 1.09 bits per heavy atom. The summed E-state index contributed by atoms with van der Waals surface area (Å²) in [6, 6.07) is 9.49. The standard InChI is InChI=1S/C25H35N3O6S/c1-3-17-34-22-7-5-20(6-8-22)25(24(29)28-30,27-18-19-13-15-26-16-14-19)35(31,32)23-11-9-21(10-12-23)33-4-2/h9-16,20,22,27,30H,3-8,17-18H2,1-2H3,(H,28,29)/t20?,22?,25-/m1/s1. The number of hydroxylamine groups is 1. The van der Waals surface area contributed by atoms with Gasteiger partial charge in [-0.05, 0) is 81.0 Å². The van der Waals surface area contributed by atoms with E-state index in [4.69, 9.17) is 9.47 Å². The summed E-state index contributed by atoms with van der Waals surface area (Å²) in [7, 11) is -4.31. The van der Waals surface area contributed by atoms with Gasteiger partial charge in [-0.2, -0.15) is 0 Å². The third-order valence-electron chi connectivity index (χ3n) is 6.42. The fraction of sp³-hybridized carbons (Fsp3) is 0.520. The molecule has 35 heavy (non-hydrogen) atoms. The lowest BCUT2D eigenvalue weighted by atomic mass is 9.81. The number of amides is 1. The van der Waals surface area contributed by atoms with Crippen LogP contribution in [0, 0.1) is 5.92 Å². The van der Waals surface area contributed by atoms with Crippen LogP contribution in [0.4, 0.5) is 0 Å². The second-order valence-corrected chi connectivity index (χ2v) is 10.8. The monoisotopic (exact) mass is 505 g/mol. The van der Waals surface area contributed by atoms with Crippen LogP contribution in [0.2, 0.25) is 0 Å². The van der Waals surface area contributed by atoms with E-state index < -0.39 is 26.5 Å². The maximum atomic E-state index is 14.2. The molecular formula is C25H35N3O6S. The Hall–Kier alpha value is -2.53. The largest absolute Gasteiger partial charge is 0.494 e. The van der Waals surface area contributed by atoms with Crippen molar-refractivity contribution in [2.45, 2.75) is 68.4 Å². The van der Waals surface area contributed by atoms with Crippen molar-refractivity contribution >= 4 is 15.7 Å². The summed E-state index contributed by atoms with van der Waals surface area (Å²) in [5.41, 5.74) is 2.40. The fourth-order valence-corrected chi connectivity index (χ4v) is 6.74. The van der Waals surface area contributed by atoms with Crippen LogP contribution in [-0.2, 0) is 25.9 Å². The zero-order chi connectivity index (χ0) is 25.3. The van der Waals surface area contributed by atoms with Crippen molar-refractivity contribution in [1.82, 2.24) is 15.8 Å². The normalized spacial score (nSPS) is 20.1. The van der Waals surface area contributed by atoms with Gasteiger partial charge in [0.1, 0.15) is 5.75 Å². The Morgan fingerprint density at radius 2 is 1.74 bits per heavy atom. The molecule has 192 valence electrons. The summed E-state index contributed by atoms with van der Waals surface area (Å²) in [6.07, 6.45) is 6.26.